The molecule has 0 saturated heterocycles. The highest BCUT2D eigenvalue weighted by Gasteiger charge is 2.14. The minimum Gasteiger partial charge on any atom is -0.497 e. The summed E-state index contributed by atoms with van der Waals surface area (Å²) in [6.45, 7) is 3.74. The number of nitrogens with one attached hydrogen (secondary N) is 2. The van der Waals surface area contributed by atoms with E-state index in [9.17, 15) is 10.1 Å². The van der Waals surface area contributed by atoms with Gasteiger partial charge in [-0.25, -0.2) is 0 Å². The topological polar surface area (TPSA) is 74.1 Å². The second kappa shape index (κ2) is 8.93. The van der Waals surface area contributed by atoms with E-state index in [0.717, 1.165) is 22.6 Å². The molecule has 0 aliphatic carbocycles. The van der Waals surface area contributed by atoms with E-state index in [2.05, 4.69) is 10.6 Å². The van der Waals surface area contributed by atoms with E-state index in [1.165, 1.54) is 6.20 Å². The van der Waals surface area contributed by atoms with Crippen LogP contribution >= 0.6 is 11.6 Å². The van der Waals surface area contributed by atoms with Gasteiger partial charge in [0.1, 0.15) is 17.4 Å². The summed E-state index contributed by atoms with van der Waals surface area (Å²) in [6.07, 6.45) is 1.40. The fraction of sp³-hybridized carbons (Fsp3) is 0.200. The molecule has 0 saturated carbocycles. The van der Waals surface area contributed by atoms with Gasteiger partial charge in [-0.2, -0.15) is 5.26 Å². The van der Waals surface area contributed by atoms with Crippen molar-refractivity contribution in [1.29, 1.82) is 5.26 Å². The molecule has 1 unspecified atom stereocenters. The Labute approximate surface area is 158 Å². The van der Waals surface area contributed by atoms with Gasteiger partial charge >= 0.3 is 0 Å². The summed E-state index contributed by atoms with van der Waals surface area (Å²) in [6, 6.07) is 14.4. The number of methoxy groups -OCH3 is 1. The van der Waals surface area contributed by atoms with Gasteiger partial charge in [0.05, 0.1) is 13.2 Å². The summed E-state index contributed by atoms with van der Waals surface area (Å²) in [5.74, 6) is 0.294. The SMILES string of the molecule is COc1ccc(C(C)NC(=O)/C(C#N)=C\Nc2ccc(Cl)cc2C)cc1. The van der Waals surface area contributed by atoms with Crippen molar-refractivity contribution in [2.75, 3.05) is 12.4 Å². The number of hydrogen-bond donors (Lipinski definition) is 2. The number of anilines is 1. The Morgan fingerprint density at radius 2 is 1.96 bits per heavy atom. The first kappa shape index (κ1) is 19.4. The number of carbonyl (C=O) groups is 1. The number of amides is 1. The summed E-state index contributed by atoms with van der Waals surface area (Å²) in [4.78, 5) is 12.4. The number of hydrogen-bond acceptors (Lipinski definition) is 4. The lowest BCUT2D eigenvalue weighted by Gasteiger charge is -2.14. The monoisotopic (exact) mass is 369 g/mol. The predicted molar refractivity (Wildman–Crippen MR) is 103 cm³/mol. The molecule has 26 heavy (non-hydrogen) atoms. The molecule has 0 bridgehead atoms. The Bertz CT molecular complexity index is 854. The van der Waals surface area contributed by atoms with Crippen LogP contribution in [0.25, 0.3) is 0 Å². The summed E-state index contributed by atoms with van der Waals surface area (Å²) in [7, 11) is 1.60. The normalized spacial score (nSPS) is 12.0. The molecule has 2 aromatic carbocycles. The molecular formula is C20H20ClN3O2. The van der Waals surface area contributed by atoms with Gasteiger partial charge < -0.3 is 15.4 Å². The Hall–Kier alpha value is -2.97. The van der Waals surface area contributed by atoms with Crippen molar-refractivity contribution >= 4 is 23.2 Å². The Balaban J connectivity index is 2.06. The van der Waals surface area contributed by atoms with Crippen molar-refractivity contribution < 1.29 is 9.53 Å². The van der Waals surface area contributed by atoms with E-state index in [0.29, 0.717) is 5.02 Å². The van der Waals surface area contributed by atoms with Gasteiger partial charge in [0.15, 0.2) is 0 Å². The van der Waals surface area contributed by atoms with E-state index in [1.54, 1.807) is 25.3 Å². The molecule has 0 aliphatic rings. The van der Waals surface area contributed by atoms with E-state index in [1.807, 2.05) is 44.2 Å². The number of nitriles is 1. The first-order valence-corrected chi connectivity index (χ1v) is 8.40. The molecular weight excluding hydrogens is 350 g/mol. The largest absolute Gasteiger partial charge is 0.497 e. The van der Waals surface area contributed by atoms with Crippen LogP contribution in [0.3, 0.4) is 0 Å². The van der Waals surface area contributed by atoms with Crippen molar-refractivity contribution in [1.82, 2.24) is 5.32 Å². The fourth-order valence-electron chi connectivity index (χ4n) is 2.34. The van der Waals surface area contributed by atoms with Gasteiger partial charge in [0.25, 0.3) is 5.91 Å². The van der Waals surface area contributed by atoms with Gasteiger partial charge in [0.2, 0.25) is 0 Å². The van der Waals surface area contributed by atoms with Crippen LogP contribution in [0.5, 0.6) is 5.75 Å². The number of nitrogens with zero attached hydrogens (tertiary/aromatic N) is 1. The number of benzene rings is 2. The van der Waals surface area contributed by atoms with Crippen LogP contribution in [0.1, 0.15) is 24.1 Å². The van der Waals surface area contributed by atoms with Gasteiger partial charge in [-0.3, -0.25) is 4.79 Å². The van der Waals surface area contributed by atoms with Gasteiger partial charge in [-0.05, 0) is 55.3 Å². The minimum absolute atomic E-state index is 0.0142. The van der Waals surface area contributed by atoms with E-state index < -0.39 is 5.91 Å². The standard InChI is InChI=1S/C20H20ClN3O2/c1-13-10-17(21)6-9-19(13)23-12-16(11-22)20(25)24-14(2)15-4-7-18(26-3)8-5-15/h4-10,12,14,23H,1-3H3,(H,24,25)/b16-12-. The summed E-state index contributed by atoms with van der Waals surface area (Å²) < 4.78 is 5.12. The van der Waals surface area contributed by atoms with Gasteiger partial charge in [-0.15, -0.1) is 0 Å². The molecule has 0 heterocycles. The van der Waals surface area contributed by atoms with Gasteiger partial charge in [0, 0.05) is 16.9 Å². The average molecular weight is 370 g/mol. The lowest BCUT2D eigenvalue weighted by molar-refractivity contribution is -0.117. The lowest BCUT2D eigenvalue weighted by atomic mass is 10.1. The number of rotatable bonds is 6. The molecule has 2 aromatic rings. The number of halogens is 1. The minimum atomic E-state index is -0.449. The van der Waals surface area contributed by atoms with Crippen molar-refractivity contribution in [3.63, 3.8) is 0 Å². The Morgan fingerprint density at radius 1 is 1.27 bits per heavy atom. The molecule has 0 aliphatic heterocycles. The van der Waals surface area contributed by atoms with Crippen molar-refractivity contribution in [2.45, 2.75) is 19.9 Å². The molecule has 1 amide bonds. The van der Waals surface area contributed by atoms with Crippen LogP contribution in [0.4, 0.5) is 5.69 Å². The van der Waals surface area contributed by atoms with E-state index >= 15 is 0 Å². The highest BCUT2D eigenvalue weighted by molar-refractivity contribution is 6.30. The maximum Gasteiger partial charge on any atom is 0.263 e. The summed E-state index contributed by atoms with van der Waals surface area (Å²) >= 11 is 5.92. The maximum atomic E-state index is 12.4. The van der Waals surface area contributed by atoms with Crippen LogP contribution in [0.2, 0.25) is 5.02 Å². The Morgan fingerprint density at radius 3 is 2.54 bits per heavy atom. The second-order valence-electron chi connectivity index (χ2n) is 5.74. The zero-order valence-corrected chi connectivity index (χ0v) is 15.6. The fourth-order valence-corrected chi connectivity index (χ4v) is 2.56. The quantitative estimate of drug-likeness (QED) is 0.586. The maximum absolute atomic E-state index is 12.4. The van der Waals surface area contributed by atoms with Crippen LogP contribution in [-0.4, -0.2) is 13.0 Å². The van der Waals surface area contributed by atoms with E-state index in [4.69, 9.17) is 16.3 Å². The van der Waals surface area contributed by atoms with Crippen molar-refractivity contribution in [2.24, 2.45) is 0 Å². The first-order valence-electron chi connectivity index (χ1n) is 8.02. The highest BCUT2D eigenvalue weighted by Crippen LogP contribution is 2.20. The zero-order valence-electron chi connectivity index (χ0n) is 14.8. The van der Waals surface area contributed by atoms with E-state index in [-0.39, 0.29) is 11.6 Å². The molecule has 0 radical (unpaired) electrons. The Kier molecular flexibility index (Phi) is 6.65. The van der Waals surface area contributed by atoms with Crippen LogP contribution in [0.15, 0.2) is 54.2 Å². The summed E-state index contributed by atoms with van der Waals surface area (Å²) in [5, 5.41) is 15.7. The molecule has 2 rings (SSSR count). The molecule has 2 N–H and O–H groups in total. The number of carbonyl (C=O) groups excluding carboxylic acids is 1. The van der Waals surface area contributed by atoms with Gasteiger partial charge in [-0.1, -0.05) is 23.7 Å². The molecule has 134 valence electrons. The zero-order chi connectivity index (χ0) is 19.1. The second-order valence-corrected chi connectivity index (χ2v) is 6.18. The molecule has 6 heteroatoms. The van der Waals surface area contributed by atoms with Crippen molar-refractivity contribution in [3.05, 3.63) is 70.4 Å². The smallest absolute Gasteiger partial charge is 0.263 e. The third-order valence-electron chi connectivity index (χ3n) is 3.89. The lowest BCUT2D eigenvalue weighted by Crippen LogP contribution is -2.28. The molecule has 0 aromatic heterocycles. The first-order chi connectivity index (χ1) is 12.4. The summed E-state index contributed by atoms with van der Waals surface area (Å²) in [5.41, 5.74) is 2.59. The average Bonchev–Trinajstić information content (AvgIpc) is 2.63. The van der Waals surface area contributed by atoms with Crippen LogP contribution in [0, 0.1) is 18.3 Å². The third kappa shape index (κ3) is 5.01. The van der Waals surface area contributed by atoms with Crippen LogP contribution < -0.4 is 15.4 Å². The molecule has 0 fully saturated rings. The molecule has 5 nitrogen and oxygen atoms in total. The van der Waals surface area contributed by atoms with Crippen LogP contribution in [-0.2, 0) is 4.79 Å². The van der Waals surface area contributed by atoms with Crippen molar-refractivity contribution in [3.8, 4) is 11.8 Å². The highest BCUT2D eigenvalue weighted by atomic mass is 35.5. The molecule has 1 atom stereocenters. The molecule has 0 spiro atoms. The third-order valence-corrected chi connectivity index (χ3v) is 4.12. The predicted octanol–water partition coefficient (Wildman–Crippen LogP) is 4.35. The number of aryl methyl sites for hydroxylation is 1. The number of ether oxygens (including phenoxy) is 1.